The molecule has 0 aromatic heterocycles. The Morgan fingerprint density at radius 3 is 2.89 bits per heavy atom. The summed E-state index contributed by atoms with van der Waals surface area (Å²) in [6, 6.07) is 8.32. The van der Waals surface area contributed by atoms with E-state index in [0.29, 0.717) is 12.3 Å². The molecule has 1 fully saturated rings. The predicted octanol–water partition coefficient (Wildman–Crippen LogP) is 2.52. The first-order chi connectivity index (χ1) is 9.34. The van der Waals surface area contributed by atoms with E-state index in [9.17, 15) is 4.79 Å². The number of nitrogens with one attached hydrogen (secondary N) is 1. The molecule has 0 atom stereocenters. The van der Waals surface area contributed by atoms with Crippen LogP contribution in [0.4, 0.5) is 5.69 Å². The van der Waals surface area contributed by atoms with Crippen LogP contribution in [0.3, 0.4) is 0 Å². The molecule has 1 aromatic rings. The summed E-state index contributed by atoms with van der Waals surface area (Å²) in [4.78, 5) is 15.6. The number of fused-ring (bicyclic) bond motifs is 1. The highest BCUT2D eigenvalue weighted by Gasteiger charge is 2.25. The Kier molecular flexibility index (Phi) is 4.09. The zero-order chi connectivity index (χ0) is 13.1. The Labute approximate surface area is 118 Å². The van der Waals surface area contributed by atoms with E-state index in [0.717, 1.165) is 31.1 Å². The number of hydrogen-bond acceptors (Lipinski definition) is 3. The summed E-state index contributed by atoms with van der Waals surface area (Å²) in [5.41, 5.74) is 1.12. The van der Waals surface area contributed by atoms with Crippen molar-refractivity contribution >= 4 is 23.4 Å². The maximum atomic E-state index is 12.3. The zero-order valence-electron chi connectivity index (χ0n) is 11.1. The van der Waals surface area contributed by atoms with Crippen molar-refractivity contribution in [3.63, 3.8) is 0 Å². The zero-order valence-corrected chi connectivity index (χ0v) is 11.9. The van der Waals surface area contributed by atoms with Gasteiger partial charge in [0.05, 0.1) is 5.69 Å². The van der Waals surface area contributed by atoms with Gasteiger partial charge in [0.25, 0.3) is 0 Å². The normalized spacial score (nSPS) is 21.1. The quantitative estimate of drug-likeness (QED) is 0.901. The van der Waals surface area contributed by atoms with Crippen molar-refractivity contribution in [3.05, 3.63) is 24.3 Å². The highest BCUT2D eigenvalue weighted by molar-refractivity contribution is 7.99. The van der Waals surface area contributed by atoms with Gasteiger partial charge in [-0.1, -0.05) is 12.1 Å². The van der Waals surface area contributed by atoms with Crippen molar-refractivity contribution < 1.29 is 4.79 Å². The fraction of sp³-hybridized carbons (Fsp3) is 0.533. The summed E-state index contributed by atoms with van der Waals surface area (Å²) in [5, 5.41) is 3.39. The van der Waals surface area contributed by atoms with E-state index in [4.69, 9.17) is 0 Å². The third-order valence-electron chi connectivity index (χ3n) is 3.93. The highest BCUT2D eigenvalue weighted by atomic mass is 32.2. The molecule has 1 aromatic carbocycles. The van der Waals surface area contributed by atoms with Crippen LogP contribution in [0.15, 0.2) is 29.2 Å². The molecule has 2 aliphatic rings. The highest BCUT2D eigenvalue weighted by Crippen LogP contribution is 2.34. The molecule has 3 nitrogen and oxygen atoms in total. The van der Waals surface area contributed by atoms with Crippen LogP contribution in [0, 0.1) is 5.92 Å². The van der Waals surface area contributed by atoms with Crippen molar-refractivity contribution in [2.75, 3.05) is 30.3 Å². The number of carbonyl (C=O) groups excluding carboxylic acids is 1. The van der Waals surface area contributed by atoms with E-state index in [-0.39, 0.29) is 5.91 Å². The maximum Gasteiger partial charge on any atom is 0.227 e. The Hall–Kier alpha value is -1.00. The second-order valence-electron chi connectivity index (χ2n) is 5.26. The molecule has 19 heavy (non-hydrogen) atoms. The summed E-state index contributed by atoms with van der Waals surface area (Å²) in [6.45, 7) is 3.06. The first-order valence-corrected chi connectivity index (χ1v) is 8.06. The molecule has 0 saturated carbocycles. The number of rotatable bonds is 2. The van der Waals surface area contributed by atoms with Gasteiger partial charge in [-0.3, -0.25) is 4.79 Å². The van der Waals surface area contributed by atoms with E-state index in [1.807, 2.05) is 11.0 Å². The minimum atomic E-state index is 0.288. The average molecular weight is 276 g/mol. The summed E-state index contributed by atoms with van der Waals surface area (Å²) in [6.07, 6.45) is 3.02. The van der Waals surface area contributed by atoms with Crippen molar-refractivity contribution in [2.45, 2.75) is 24.2 Å². The number of hydrogen-bond donors (Lipinski definition) is 1. The molecular formula is C15H20N2OS. The molecule has 2 heterocycles. The molecule has 1 amide bonds. The standard InChI is InChI=1S/C15H20N2OS/c18-15-7-10-19-14-4-2-1-3-13(14)17(15)11-12-5-8-16-9-6-12/h1-4,12,16H,5-11H2. The molecule has 3 rings (SSSR count). The van der Waals surface area contributed by atoms with Crippen LogP contribution in [0.1, 0.15) is 19.3 Å². The number of thioether (sulfide) groups is 1. The van der Waals surface area contributed by atoms with Gasteiger partial charge in [-0.2, -0.15) is 0 Å². The molecule has 0 bridgehead atoms. The second kappa shape index (κ2) is 5.97. The van der Waals surface area contributed by atoms with Gasteiger partial charge in [0.15, 0.2) is 0 Å². The van der Waals surface area contributed by atoms with E-state index >= 15 is 0 Å². The number of piperidine rings is 1. The minimum Gasteiger partial charge on any atom is -0.317 e. The number of amides is 1. The SMILES string of the molecule is O=C1CCSc2ccccc2N1CC1CCNCC1. The Morgan fingerprint density at radius 2 is 2.05 bits per heavy atom. The summed E-state index contributed by atoms with van der Waals surface area (Å²) in [5.74, 6) is 1.83. The van der Waals surface area contributed by atoms with Crippen molar-refractivity contribution in [1.82, 2.24) is 5.32 Å². The van der Waals surface area contributed by atoms with E-state index in [2.05, 4.69) is 23.5 Å². The molecule has 0 aliphatic carbocycles. The molecule has 102 valence electrons. The smallest absolute Gasteiger partial charge is 0.227 e. The van der Waals surface area contributed by atoms with Crippen LogP contribution < -0.4 is 10.2 Å². The summed E-state index contributed by atoms with van der Waals surface area (Å²) < 4.78 is 0. The Bertz CT molecular complexity index is 457. The molecule has 2 aliphatic heterocycles. The van der Waals surface area contributed by atoms with Crippen LogP contribution >= 0.6 is 11.8 Å². The van der Waals surface area contributed by atoms with Gasteiger partial charge in [-0.05, 0) is 44.0 Å². The van der Waals surface area contributed by atoms with Gasteiger partial charge >= 0.3 is 0 Å². The van der Waals surface area contributed by atoms with Crippen LogP contribution in [0.5, 0.6) is 0 Å². The van der Waals surface area contributed by atoms with E-state index in [1.165, 1.54) is 17.7 Å². The summed E-state index contributed by atoms with van der Waals surface area (Å²) >= 11 is 1.80. The largest absolute Gasteiger partial charge is 0.317 e. The van der Waals surface area contributed by atoms with E-state index in [1.54, 1.807) is 11.8 Å². The number of para-hydroxylation sites is 1. The molecule has 0 unspecified atom stereocenters. The lowest BCUT2D eigenvalue weighted by atomic mass is 9.97. The predicted molar refractivity (Wildman–Crippen MR) is 79.7 cm³/mol. The maximum absolute atomic E-state index is 12.3. The van der Waals surface area contributed by atoms with Crippen LogP contribution in [0.2, 0.25) is 0 Å². The lowest BCUT2D eigenvalue weighted by Crippen LogP contribution is -2.39. The van der Waals surface area contributed by atoms with Gasteiger partial charge < -0.3 is 10.2 Å². The minimum absolute atomic E-state index is 0.288. The van der Waals surface area contributed by atoms with Crippen LogP contribution in [0.25, 0.3) is 0 Å². The van der Waals surface area contributed by atoms with Gasteiger partial charge in [-0.15, -0.1) is 11.8 Å². The van der Waals surface area contributed by atoms with Gasteiger partial charge in [-0.25, -0.2) is 0 Å². The number of benzene rings is 1. The Morgan fingerprint density at radius 1 is 1.26 bits per heavy atom. The topological polar surface area (TPSA) is 32.3 Å². The monoisotopic (exact) mass is 276 g/mol. The molecule has 0 radical (unpaired) electrons. The van der Waals surface area contributed by atoms with Crippen LogP contribution in [-0.4, -0.2) is 31.3 Å². The number of nitrogens with zero attached hydrogens (tertiary/aromatic N) is 1. The Balaban J connectivity index is 1.82. The summed E-state index contributed by atoms with van der Waals surface area (Å²) in [7, 11) is 0. The van der Waals surface area contributed by atoms with Crippen molar-refractivity contribution in [1.29, 1.82) is 0 Å². The van der Waals surface area contributed by atoms with Crippen molar-refractivity contribution in [2.24, 2.45) is 5.92 Å². The second-order valence-corrected chi connectivity index (χ2v) is 6.40. The third kappa shape index (κ3) is 2.95. The molecule has 1 N–H and O–H groups in total. The lowest BCUT2D eigenvalue weighted by molar-refractivity contribution is -0.118. The van der Waals surface area contributed by atoms with E-state index < -0.39 is 0 Å². The van der Waals surface area contributed by atoms with Crippen molar-refractivity contribution in [3.8, 4) is 0 Å². The van der Waals surface area contributed by atoms with Gasteiger partial charge in [0.2, 0.25) is 5.91 Å². The number of anilines is 1. The first kappa shape index (κ1) is 13.0. The van der Waals surface area contributed by atoms with Gasteiger partial charge in [0, 0.05) is 23.6 Å². The molecule has 0 spiro atoms. The first-order valence-electron chi connectivity index (χ1n) is 7.07. The fourth-order valence-electron chi connectivity index (χ4n) is 2.84. The average Bonchev–Trinajstić information content (AvgIpc) is 2.61. The molecule has 1 saturated heterocycles. The molecule has 4 heteroatoms. The van der Waals surface area contributed by atoms with Crippen LogP contribution in [-0.2, 0) is 4.79 Å². The fourth-order valence-corrected chi connectivity index (χ4v) is 3.84. The molecular weight excluding hydrogens is 256 g/mol. The lowest BCUT2D eigenvalue weighted by Gasteiger charge is -2.30. The van der Waals surface area contributed by atoms with Gasteiger partial charge in [0.1, 0.15) is 0 Å². The third-order valence-corrected chi connectivity index (χ3v) is 4.99. The number of carbonyl (C=O) groups is 1.